The quantitative estimate of drug-likeness (QED) is 0.378. The summed E-state index contributed by atoms with van der Waals surface area (Å²) < 4.78 is 0. The van der Waals surface area contributed by atoms with Crippen LogP contribution in [0.2, 0.25) is 0 Å². The molecule has 0 spiro atoms. The number of nitro groups is 1. The van der Waals surface area contributed by atoms with E-state index in [0.29, 0.717) is 16.7 Å². The Labute approximate surface area is 162 Å². The summed E-state index contributed by atoms with van der Waals surface area (Å²) >= 11 is 0. The fraction of sp³-hybridized carbons (Fsp3) is 0.0909. The number of rotatable bonds is 7. The van der Waals surface area contributed by atoms with Crippen molar-refractivity contribution in [1.29, 1.82) is 0 Å². The first kappa shape index (κ1) is 19.0. The number of Topliss-reactive ketones (excluding diaryl/α,β-unsaturated/α-hetero) is 1. The highest BCUT2D eigenvalue weighted by Crippen LogP contribution is 2.23. The zero-order chi connectivity index (χ0) is 19.9. The lowest BCUT2D eigenvalue weighted by atomic mass is 9.97. The first-order chi connectivity index (χ1) is 13.5. The highest BCUT2D eigenvalue weighted by Gasteiger charge is 2.21. The minimum Gasteiger partial charge on any atom is -0.345 e. The average Bonchev–Trinajstić information content (AvgIpc) is 2.74. The van der Waals surface area contributed by atoms with Gasteiger partial charge in [-0.15, -0.1) is 0 Å². The minimum atomic E-state index is -0.610. The third-order valence-electron chi connectivity index (χ3n) is 4.33. The maximum Gasteiger partial charge on any atom is 0.269 e. The third-order valence-corrected chi connectivity index (χ3v) is 4.33. The molecule has 0 aliphatic heterocycles. The van der Waals surface area contributed by atoms with Crippen LogP contribution >= 0.6 is 0 Å². The molecule has 0 bridgehead atoms. The van der Waals surface area contributed by atoms with Crippen molar-refractivity contribution < 1.29 is 14.5 Å². The van der Waals surface area contributed by atoms with Gasteiger partial charge in [0.1, 0.15) is 0 Å². The smallest absolute Gasteiger partial charge is 0.269 e. The molecule has 0 radical (unpaired) electrons. The molecule has 0 fully saturated rings. The van der Waals surface area contributed by atoms with Gasteiger partial charge in [-0.1, -0.05) is 60.7 Å². The molecule has 0 aromatic heterocycles. The molecule has 0 saturated carbocycles. The molecule has 3 rings (SSSR count). The zero-order valence-electron chi connectivity index (χ0n) is 14.9. The lowest BCUT2D eigenvalue weighted by molar-refractivity contribution is -0.384. The Kier molecular flexibility index (Phi) is 5.91. The summed E-state index contributed by atoms with van der Waals surface area (Å²) in [7, 11) is 0. The largest absolute Gasteiger partial charge is 0.345 e. The summed E-state index contributed by atoms with van der Waals surface area (Å²) in [5, 5.41) is 13.8. The van der Waals surface area contributed by atoms with E-state index in [4.69, 9.17) is 0 Å². The number of nitrogens with one attached hydrogen (secondary N) is 1. The topological polar surface area (TPSA) is 89.3 Å². The van der Waals surface area contributed by atoms with Gasteiger partial charge in [-0.3, -0.25) is 19.7 Å². The highest BCUT2D eigenvalue weighted by molar-refractivity contribution is 5.98. The number of hydrogen-bond donors (Lipinski definition) is 1. The van der Waals surface area contributed by atoms with Gasteiger partial charge in [0.2, 0.25) is 0 Å². The van der Waals surface area contributed by atoms with E-state index in [1.54, 1.807) is 60.7 Å². The van der Waals surface area contributed by atoms with Crippen LogP contribution in [-0.2, 0) is 0 Å². The Bertz CT molecular complexity index is 917. The van der Waals surface area contributed by atoms with Gasteiger partial charge in [-0.2, -0.15) is 0 Å². The standard InChI is InChI=1S/C22H18N2O4/c25-21(17-7-3-1-4-8-17)15-20(16-11-13-19(14-12-16)24(27)28)23-22(26)18-9-5-2-6-10-18/h1-14,20H,15H2,(H,23,26)/t20-/m1/s1. The van der Waals surface area contributed by atoms with E-state index in [2.05, 4.69) is 5.32 Å². The summed E-state index contributed by atoms with van der Waals surface area (Å²) in [5.41, 5.74) is 1.59. The molecule has 0 heterocycles. The van der Waals surface area contributed by atoms with Crippen LogP contribution < -0.4 is 5.32 Å². The van der Waals surface area contributed by atoms with E-state index in [-0.39, 0.29) is 23.8 Å². The molecule has 6 heteroatoms. The Hall–Kier alpha value is -3.80. The maximum atomic E-state index is 12.7. The molecule has 0 unspecified atom stereocenters. The number of benzene rings is 3. The van der Waals surface area contributed by atoms with E-state index >= 15 is 0 Å². The molecule has 1 N–H and O–H groups in total. The van der Waals surface area contributed by atoms with Crippen molar-refractivity contribution in [3.63, 3.8) is 0 Å². The van der Waals surface area contributed by atoms with Crippen LogP contribution in [0.4, 0.5) is 5.69 Å². The van der Waals surface area contributed by atoms with Crippen LogP contribution in [-0.4, -0.2) is 16.6 Å². The van der Waals surface area contributed by atoms with Gasteiger partial charge >= 0.3 is 0 Å². The van der Waals surface area contributed by atoms with Crippen molar-refractivity contribution in [1.82, 2.24) is 5.32 Å². The van der Waals surface area contributed by atoms with Gasteiger partial charge < -0.3 is 5.32 Å². The number of ketones is 1. The minimum absolute atomic E-state index is 0.0421. The van der Waals surface area contributed by atoms with Crippen molar-refractivity contribution in [2.45, 2.75) is 12.5 Å². The number of nitro benzene ring substituents is 1. The van der Waals surface area contributed by atoms with Gasteiger partial charge in [-0.25, -0.2) is 0 Å². The summed E-state index contributed by atoms with van der Waals surface area (Å²) in [4.78, 5) is 35.7. The average molecular weight is 374 g/mol. The molecule has 6 nitrogen and oxygen atoms in total. The van der Waals surface area contributed by atoms with E-state index in [1.807, 2.05) is 12.1 Å². The maximum absolute atomic E-state index is 12.7. The number of nitrogens with zero attached hydrogens (tertiary/aromatic N) is 1. The van der Waals surface area contributed by atoms with Crippen LogP contribution in [0.15, 0.2) is 84.9 Å². The van der Waals surface area contributed by atoms with Crippen LogP contribution in [0, 0.1) is 10.1 Å². The molecular formula is C22H18N2O4. The predicted octanol–water partition coefficient (Wildman–Crippen LogP) is 4.34. The number of carbonyl (C=O) groups excluding carboxylic acids is 2. The fourth-order valence-electron chi connectivity index (χ4n) is 2.84. The molecule has 3 aromatic rings. The molecule has 3 aromatic carbocycles. The summed E-state index contributed by atoms with van der Waals surface area (Å²) in [6.07, 6.45) is 0.0421. The second-order valence-electron chi connectivity index (χ2n) is 6.23. The van der Waals surface area contributed by atoms with Gasteiger partial charge in [0.15, 0.2) is 5.78 Å². The molecule has 140 valence electrons. The Balaban J connectivity index is 1.85. The van der Waals surface area contributed by atoms with Gasteiger partial charge in [0, 0.05) is 29.7 Å². The Morgan fingerprint density at radius 1 is 0.821 bits per heavy atom. The summed E-state index contributed by atoms with van der Waals surface area (Å²) in [6, 6.07) is 22.7. The lowest BCUT2D eigenvalue weighted by Crippen LogP contribution is -2.30. The van der Waals surface area contributed by atoms with Gasteiger partial charge in [0.05, 0.1) is 11.0 Å². The van der Waals surface area contributed by atoms with Crippen molar-refractivity contribution in [2.24, 2.45) is 0 Å². The molecule has 1 atom stereocenters. The second kappa shape index (κ2) is 8.73. The Morgan fingerprint density at radius 3 is 1.89 bits per heavy atom. The number of hydrogen-bond acceptors (Lipinski definition) is 4. The normalized spacial score (nSPS) is 11.4. The molecule has 0 aliphatic carbocycles. The Morgan fingerprint density at radius 2 is 1.36 bits per heavy atom. The van der Waals surface area contributed by atoms with Gasteiger partial charge in [0.25, 0.3) is 11.6 Å². The summed E-state index contributed by atoms with van der Waals surface area (Å²) in [5.74, 6) is -0.442. The predicted molar refractivity (Wildman–Crippen MR) is 105 cm³/mol. The lowest BCUT2D eigenvalue weighted by Gasteiger charge is -2.19. The molecule has 0 saturated heterocycles. The molecular weight excluding hydrogens is 356 g/mol. The van der Waals surface area contributed by atoms with Crippen molar-refractivity contribution in [3.05, 3.63) is 112 Å². The van der Waals surface area contributed by atoms with E-state index in [9.17, 15) is 19.7 Å². The van der Waals surface area contributed by atoms with Crippen molar-refractivity contribution in [2.75, 3.05) is 0 Å². The number of non-ortho nitro benzene ring substituents is 1. The van der Waals surface area contributed by atoms with Crippen LogP contribution in [0.25, 0.3) is 0 Å². The SMILES string of the molecule is O=C(C[C@@H](NC(=O)c1ccccc1)c1ccc([N+](=O)[O-])cc1)c1ccccc1. The molecule has 0 aliphatic rings. The van der Waals surface area contributed by atoms with E-state index in [1.165, 1.54) is 12.1 Å². The van der Waals surface area contributed by atoms with Gasteiger partial charge in [-0.05, 0) is 17.7 Å². The van der Waals surface area contributed by atoms with Crippen molar-refractivity contribution >= 4 is 17.4 Å². The summed E-state index contributed by atoms with van der Waals surface area (Å²) in [6.45, 7) is 0. The first-order valence-electron chi connectivity index (χ1n) is 8.73. The molecule has 1 amide bonds. The zero-order valence-corrected chi connectivity index (χ0v) is 14.9. The van der Waals surface area contributed by atoms with E-state index < -0.39 is 11.0 Å². The highest BCUT2D eigenvalue weighted by atomic mass is 16.6. The number of carbonyl (C=O) groups is 2. The first-order valence-corrected chi connectivity index (χ1v) is 8.73. The van der Waals surface area contributed by atoms with Crippen LogP contribution in [0.3, 0.4) is 0 Å². The third kappa shape index (κ3) is 4.67. The van der Waals surface area contributed by atoms with E-state index in [0.717, 1.165) is 0 Å². The van der Waals surface area contributed by atoms with Crippen molar-refractivity contribution in [3.8, 4) is 0 Å². The fourth-order valence-corrected chi connectivity index (χ4v) is 2.84. The number of amides is 1. The molecule has 28 heavy (non-hydrogen) atoms. The van der Waals surface area contributed by atoms with Crippen LogP contribution in [0.5, 0.6) is 0 Å². The van der Waals surface area contributed by atoms with Crippen LogP contribution in [0.1, 0.15) is 38.7 Å². The second-order valence-corrected chi connectivity index (χ2v) is 6.23. The monoisotopic (exact) mass is 374 g/mol.